The molecule has 0 radical (unpaired) electrons. The molecule has 0 unspecified atom stereocenters. The third-order valence-electron chi connectivity index (χ3n) is 3.99. The van der Waals surface area contributed by atoms with Crippen LogP contribution in [0.2, 0.25) is 0 Å². The first-order chi connectivity index (χ1) is 12.6. The molecule has 0 spiro atoms. The van der Waals surface area contributed by atoms with E-state index >= 15 is 0 Å². The number of methoxy groups -OCH3 is 1. The summed E-state index contributed by atoms with van der Waals surface area (Å²) in [6.07, 6.45) is 0. The lowest BCUT2D eigenvalue weighted by atomic mass is 10.0. The van der Waals surface area contributed by atoms with Crippen molar-refractivity contribution in [2.45, 2.75) is 33.2 Å². The number of nitrogens with zero attached hydrogens (tertiary/aromatic N) is 1. The van der Waals surface area contributed by atoms with E-state index in [-0.39, 0.29) is 0 Å². The minimum Gasteiger partial charge on any atom is -0.496 e. The van der Waals surface area contributed by atoms with Crippen LogP contribution in [0, 0.1) is 18.6 Å². The van der Waals surface area contributed by atoms with Crippen molar-refractivity contribution in [2.75, 3.05) is 7.11 Å². The number of ether oxygens (including phenoxy) is 1. The Morgan fingerprint density at radius 2 is 1.74 bits per heavy atom. The quantitative estimate of drug-likeness (QED) is 0.828. The van der Waals surface area contributed by atoms with Gasteiger partial charge in [-0.15, -0.1) is 0 Å². The van der Waals surface area contributed by atoms with Crippen LogP contribution in [0.15, 0.2) is 36.4 Å². The van der Waals surface area contributed by atoms with Crippen molar-refractivity contribution in [3.63, 3.8) is 0 Å². The number of rotatable bonds is 3. The minimum atomic E-state index is -0.891. The monoisotopic (exact) mass is 376 g/mol. The van der Waals surface area contributed by atoms with Gasteiger partial charge in [0.05, 0.1) is 18.2 Å². The largest absolute Gasteiger partial charge is 0.496 e. The van der Waals surface area contributed by atoms with E-state index in [2.05, 4.69) is 5.43 Å². The lowest BCUT2D eigenvalue weighted by molar-refractivity contribution is 0.0354. The van der Waals surface area contributed by atoms with Crippen LogP contribution in [-0.4, -0.2) is 29.5 Å². The Hall–Kier alpha value is -2.96. The number of hydrazine groups is 1. The molecule has 0 bridgehead atoms. The van der Waals surface area contributed by atoms with Crippen molar-refractivity contribution in [1.29, 1.82) is 0 Å². The molecule has 0 aliphatic carbocycles. The lowest BCUT2D eigenvalue weighted by Gasteiger charge is -2.35. The fraction of sp³-hybridized carbons (Fsp3) is 0.300. The molecule has 0 aliphatic rings. The molecule has 0 atom stereocenters. The molecule has 0 aromatic heterocycles. The summed E-state index contributed by atoms with van der Waals surface area (Å²) >= 11 is 0. The fourth-order valence-electron chi connectivity index (χ4n) is 2.55. The zero-order valence-corrected chi connectivity index (χ0v) is 15.9. The number of amides is 2. The van der Waals surface area contributed by atoms with Crippen LogP contribution in [0.3, 0.4) is 0 Å². The molecule has 0 heterocycles. The Morgan fingerprint density at radius 3 is 2.33 bits per heavy atom. The smallest absolute Gasteiger partial charge is 0.275 e. The van der Waals surface area contributed by atoms with Crippen molar-refractivity contribution < 1.29 is 23.1 Å². The van der Waals surface area contributed by atoms with Gasteiger partial charge < -0.3 is 4.74 Å². The molecule has 7 heteroatoms. The van der Waals surface area contributed by atoms with Gasteiger partial charge in [0.2, 0.25) is 0 Å². The summed E-state index contributed by atoms with van der Waals surface area (Å²) in [5.41, 5.74) is 2.05. The van der Waals surface area contributed by atoms with Crippen LogP contribution in [0.25, 0.3) is 0 Å². The second-order valence-corrected chi connectivity index (χ2v) is 7.01. The van der Waals surface area contributed by atoms with E-state index in [9.17, 15) is 18.4 Å². The maximum Gasteiger partial charge on any atom is 0.275 e. The van der Waals surface area contributed by atoms with Crippen molar-refractivity contribution in [2.24, 2.45) is 0 Å². The van der Waals surface area contributed by atoms with E-state index in [1.165, 1.54) is 7.11 Å². The number of nitrogens with one attached hydrogen (secondary N) is 1. The van der Waals surface area contributed by atoms with Gasteiger partial charge >= 0.3 is 0 Å². The first-order valence-electron chi connectivity index (χ1n) is 8.30. The highest BCUT2D eigenvalue weighted by Gasteiger charge is 2.31. The van der Waals surface area contributed by atoms with E-state index in [1.807, 2.05) is 0 Å². The lowest BCUT2D eigenvalue weighted by Crippen LogP contribution is -2.56. The standard InChI is InChI=1S/C20H22F2N2O3/c1-12-14(7-6-8-17(12)27-5)18(25)23-24(20(2,3)4)19(26)15-11-13(21)9-10-16(15)22/h6-11H,1-5H3,(H,23,25). The summed E-state index contributed by atoms with van der Waals surface area (Å²) in [6, 6.07) is 7.54. The van der Waals surface area contributed by atoms with E-state index in [4.69, 9.17) is 4.74 Å². The van der Waals surface area contributed by atoms with E-state index in [0.717, 1.165) is 23.2 Å². The fourth-order valence-corrected chi connectivity index (χ4v) is 2.55. The van der Waals surface area contributed by atoms with Crippen LogP contribution < -0.4 is 10.2 Å². The number of hydrogen-bond acceptors (Lipinski definition) is 3. The molecular weight excluding hydrogens is 354 g/mol. The van der Waals surface area contributed by atoms with Crippen LogP contribution in [0.4, 0.5) is 8.78 Å². The third kappa shape index (κ3) is 4.42. The summed E-state index contributed by atoms with van der Waals surface area (Å²) in [6.45, 7) is 6.71. The molecule has 2 aromatic carbocycles. The van der Waals surface area contributed by atoms with Crippen molar-refractivity contribution in [3.05, 3.63) is 64.7 Å². The topological polar surface area (TPSA) is 58.6 Å². The Morgan fingerprint density at radius 1 is 1.07 bits per heavy atom. The van der Waals surface area contributed by atoms with Gasteiger partial charge in [-0.05, 0) is 58.0 Å². The first kappa shape index (κ1) is 20.4. The predicted molar refractivity (Wildman–Crippen MR) is 97.5 cm³/mol. The maximum atomic E-state index is 14.0. The van der Waals surface area contributed by atoms with Gasteiger partial charge in [0.1, 0.15) is 17.4 Å². The minimum absolute atomic E-state index is 0.302. The molecule has 1 N–H and O–H groups in total. The van der Waals surface area contributed by atoms with Crippen LogP contribution >= 0.6 is 0 Å². The predicted octanol–water partition coefficient (Wildman–Crippen LogP) is 3.87. The summed E-state index contributed by atoms with van der Waals surface area (Å²) in [5, 5.41) is 0.992. The SMILES string of the molecule is COc1cccc(C(=O)NN(C(=O)c2cc(F)ccc2F)C(C)(C)C)c1C. The zero-order valence-electron chi connectivity index (χ0n) is 15.9. The van der Waals surface area contributed by atoms with Crippen molar-refractivity contribution in [1.82, 2.24) is 10.4 Å². The average molecular weight is 376 g/mol. The second kappa shape index (κ2) is 7.73. The van der Waals surface area contributed by atoms with Crippen LogP contribution in [-0.2, 0) is 0 Å². The molecule has 0 fully saturated rings. The van der Waals surface area contributed by atoms with Gasteiger partial charge in [0, 0.05) is 11.1 Å². The van der Waals surface area contributed by atoms with Crippen LogP contribution in [0.1, 0.15) is 47.1 Å². The van der Waals surface area contributed by atoms with Gasteiger partial charge in [-0.3, -0.25) is 15.0 Å². The molecule has 2 rings (SSSR count). The molecule has 5 nitrogen and oxygen atoms in total. The van der Waals surface area contributed by atoms with Crippen molar-refractivity contribution >= 4 is 11.8 Å². The van der Waals surface area contributed by atoms with E-state index in [1.54, 1.807) is 45.9 Å². The number of halogens is 2. The number of carbonyl (C=O) groups is 2. The van der Waals surface area contributed by atoms with Crippen LogP contribution in [0.5, 0.6) is 5.75 Å². The van der Waals surface area contributed by atoms with Gasteiger partial charge in [-0.2, -0.15) is 0 Å². The average Bonchev–Trinajstić information content (AvgIpc) is 2.60. The van der Waals surface area contributed by atoms with Gasteiger partial charge in [-0.1, -0.05) is 6.07 Å². The Labute approximate surface area is 156 Å². The van der Waals surface area contributed by atoms with Gasteiger partial charge in [0.25, 0.3) is 11.8 Å². The number of hydrogen-bond donors (Lipinski definition) is 1. The normalized spacial score (nSPS) is 11.1. The molecule has 2 aromatic rings. The first-order valence-corrected chi connectivity index (χ1v) is 8.30. The molecule has 2 amide bonds. The molecule has 0 saturated carbocycles. The summed E-state index contributed by atoms with van der Waals surface area (Å²) in [5.74, 6) is -2.52. The molecule has 144 valence electrons. The molecule has 0 aliphatic heterocycles. The Bertz CT molecular complexity index is 876. The highest BCUT2D eigenvalue weighted by molar-refractivity contribution is 6.00. The Kier molecular flexibility index (Phi) is 5.83. The summed E-state index contributed by atoms with van der Waals surface area (Å²) in [7, 11) is 1.49. The van der Waals surface area contributed by atoms with Gasteiger partial charge in [-0.25, -0.2) is 13.8 Å². The number of carbonyl (C=O) groups excluding carboxylic acids is 2. The summed E-state index contributed by atoms with van der Waals surface area (Å²) in [4.78, 5) is 25.6. The Balaban J connectivity index is 2.40. The van der Waals surface area contributed by atoms with E-state index in [0.29, 0.717) is 16.9 Å². The zero-order chi connectivity index (χ0) is 20.4. The van der Waals surface area contributed by atoms with Gasteiger partial charge in [0.15, 0.2) is 0 Å². The molecule has 27 heavy (non-hydrogen) atoms. The number of benzene rings is 2. The molecule has 0 saturated heterocycles. The summed E-state index contributed by atoms with van der Waals surface area (Å²) < 4.78 is 32.7. The van der Waals surface area contributed by atoms with Crippen molar-refractivity contribution in [3.8, 4) is 5.75 Å². The highest BCUT2D eigenvalue weighted by Crippen LogP contribution is 2.22. The molecular formula is C20H22F2N2O3. The third-order valence-corrected chi connectivity index (χ3v) is 3.99. The second-order valence-electron chi connectivity index (χ2n) is 7.01. The maximum absolute atomic E-state index is 14.0. The highest BCUT2D eigenvalue weighted by atomic mass is 19.1. The van der Waals surface area contributed by atoms with E-state index < -0.39 is 34.6 Å².